The van der Waals surface area contributed by atoms with Crippen molar-refractivity contribution in [3.8, 4) is 0 Å². The van der Waals surface area contributed by atoms with Gasteiger partial charge in [0, 0.05) is 35.4 Å². The third kappa shape index (κ3) is 2.00. The Morgan fingerprint density at radius 3 is 3.00 bits per heavy atom. The van der Waals surface area contributed by atoms with Crippen LogP contribution in [-0.4, -0.2) is 19.6 Å². The molecule has 1 aromatic heterocycles. The average molecular weight is 247 g/mol. The highest BCUT2D eigenvalue weighted by Crippen LogP contribution is 2.24. The van der Waals surface area contributed by atoms with Crippen molar-refractivity contribution >= 4 is 32.3 Å². The van der Waals surface area contributed by atoms with E-state index in [0.717, 1.165) is 12.5 Å². The van der Waals surface area contributed by atoms with E-state index >= 15 is 0 Å². The third-order valence-corrected chi connectivity index (χ3v) is 3.65. The van der Waals surface area contributed by atoms with Crippen LogP contribution in [0.2, 0.25) is 0 Å². The fourth-order valence-electron chi connectivity index (χ4n) is 1.14. The molecule has 0 aromatic carbocycles. The molecule has 1 aliphatic heterocycles. The molecule has 2 rings (SSSR count). The van der Waals surface area contributed by atoms with Crippen LogP contribution in [0, 0.1) is 5.92 Å². The van der Waals surface area contributed by atoms with Gasteiger partial charge in [0.25, 0.3) is 0 Å². The Kier molecular flexibility index (Phi) is 2.68. The highest BCUT2D eigenvalue weighted by molar-refractivity contribution is 9.10. The number of nitrogens with one attached hydrogen (secondary N) is 2. The summed E-state index contributed by atoms with van der Waals surface area (Å²) in [5, 5.41) is 10.0. The Hall–Kier alpha value is -0.0600. The molecule has 1 aliphatic rings. The number of hydrogen-bond acceptors (Lipinski definition) is 3. The largest absolute Gasteiger partial charge is 0.377 e. The normalized spacial score (nSPS) is 17.4. The standard InChI is InChI=1S/C8H11BrN2S/c9-7-1-8(12-5-7)11-4-6-2-10-3-6/h1,5-6,10-11H,2-4H2. The van der Waals surface area contributed by atoms with Gasteiger partial charge in [-0.2, -0.15) is 0 Å². The summed E-state index contributed by atoms with van der Waals surface area (Å²) in [5.74, 6) is 0.825. The first-order valence-electron chi connectivity index (χ1n) is 4.03. The van der Waals surface area contributed by atoms with Crippen molar-refractivity contribution in [3.05, 3.63) is 15.9 Å². The molecule has 0 radical (unpaired) electrons. The van der Waals surface area contributed by atoms with Crippen LogP contribution in [0.4, 0.5) is 5.00 Å². The smallest absolute Gasteiger partial charge is 0.0894 e. The van der Waals surface area contributed by atoms with E-state index in [4.69, 9.17) is 0 Å². The van der Waals surface area contributed by atoms with Crippen molar-refractivity contribution in [1.29, 1.82) is 0 Å². The van der Waals surface area contributed by atoms with Crippen LogP contribution >= 0.6 is 27.3 Å². The second-order valence-corrected chi connectivity index (χ2v) is 4.86. The summed E-state index contributed by atoms with van der Waals surface area (Å²) < 4.78 is 1.17. The molecule has 2 nitrogen and oxygen atoms in total. The maximum Gasteiger partial charge on any atom is 0.0894 e. The van der Waals surface area contributed by atoms with Crippen molar-refractivity contribution < 1.29 is 0 Å². The van der Waals surface area contributed by atoms with Crippen LogP contribution < -0.4 is 10.6 Å². The van der Waals surface area contributed by atoms with Crippen LogP contribution in [0.1, 0.15) is 0 Å². The van der Waals surface area contributed by atoms with Crippen molar-refractivity contribution in [2.24, 2.45) is 5.92 Å². The van der Waals surface area contributed by atoms with E-state index in [1.807, 2.05) is 0 Å². The molecule has 0 spiro atoms. The first-order valence-corrected chi connectivity index (χ1v) is 5.70. The molecule has 0 bridgehead atoms. The molecule has 0 saturated carbocycles. The second kappa shape index (κ2) is 3.77. The lowest BCUT2D eigenvalue weighted by Gasteiger charge is -2.27. The molecular formula is C8H11BrN2S. The van der Waals surface area contributed by atoms with Crippen LogP contribution in [0.5, 0.6) is 0 Å². The summed E-state index contributed by atoms with van der Waals surface area (Å²) in [6, 6.07) is 2.12. The Morgan fingerprint density at radius 1 is 1.67 bits per heavy atom. The van der Waals surface area contributed by atoms with E-state index in [2.05, 4.69) is 38.0 Å². The highest BCUT2D eigenvalue weighted by Gasteiger charge is 2.15. The van der Waals surface area contributed by atoms with Gasteiger partial charge in [-0.15, -0.1) is 11.3 Å². The first-order chi connectivity index (χ1) is 5.84. The van der Waals surface area contributed by atoms with E-state index in [9.17, 15) is 0 Å². The lowest BCUT2D eigenvalue weighted by molar-refractivity contribution is 0.365. The van der Waals surface area contributed by atoms with Gasteiger partial charge >= 0.3 is 0 Å². The minimum absolute atomic E-state index is 0.825. The zero-order chi connectivity index (χ0) is 8.39. The summed E-state index contributed by atoms with van der Waals surface area (Å²) in [4.78, 5) is 0. The van der Waals surface area contributed by atoms with Gasteiger partial charge in [-0.3, -0.25) is 0 Å². The zero-order valence-corrected chi connectivity index (χ0v) is 9.04. The van der Waals surface area contributed by atoms with E-state index in [-0.39, 0.29) is 0 Å². The van der Waals surface area contributed by atoms with Gasteiger partial charge in [-0.25, -0.2) is 0 Å². The third-order valence-electron chi connectivity index (χ3n) is 2.00. The van der Waals surface area contributed by atoms with Gasteiger partial charge in [0.2, 0.25) is 0 Å². The SMILES string of the molecule is Brc1csc(NCC2CNC2)c1. The number of anilines is 1. The molecule has 0 aliphatic carbocycles. The lowest BCUT2D eigenvalue weighted by Crippen LogP contribution is -2.45. The van der Waals surface area contributed by atoms with E-state index < -0.39 is 0 Å². The number of halogens is 1. The number of thiophene rings is 1. The molecule has 1 saturated heterocycles. The number of rotatable bonds is 3. The van der Waals surface area contributed by atoms with Gasteiger partial charge < -0.3 is 10.6 Å². The molecule has 0 unspecified atom stereocenters. The topological polar surface area (TPSA) is 24.1 Å². The molecule has 2 heterocycles. The van der Waals surface area contributed by atoms with Crippen molar-refractivity contribution in [3.63, 3.8) is 0 Å². The van der Waals surface area contributed by atoms with Crippen LogP contribution in [-0.2, 0) is 0 Å². The van der Waals surface area contributed by atoms with Gasteiger partial charge in [0.1, 0.15) is 0 Å². The minimum Gasteiger partial charge on any atom is -0.377 e. The van der Waals surface area contributed by atoms with Crippen LogP contribution in [0.15, 0.2) is 15.9 Å². The van der Waals surface area contributed by atoms with Gasteiger partial charge in [-0.1, -0.05) is 0 Å². The van der Waals surface area contributed by atoms with E-state index in [1.165, 1.54) is 22.6 Å². The lowest BCUT2D eigenvalue weighted by atomic mass is 10.0. The van der Waals surface area contributed by atoms with Gasteiger partial charge in [-0.05, 0) is 22.0 Å². The second-order valence-electron chi connectivity index (χ2n) is 3.03. The molecule has 1 aromatic rings. The number of hydrogen-bond donors (Lipinski definition) is 2. The predicted molar refractivity (Wildman–Crippen MR) is 56.9 cm³/mol. The molecule has 0 amide bonds. The van der Waals surface area contributed by atoms with E-state index in [1.54, 1.807) is 11.3 Å². The Morgan fingerprint density at radius 2 is 2.50 bits per heavy atom. The molecular weight excluding hydrogens is 236 g/mol. The van der Waals surface area contributed by atoms with Crippen LogP contribution in [0.25, 0.3) is 0 Å². The summed E-state index contributed by atoms with van der Waals surface area (Å²) >= 11 is 5.18. The summed E-state index contributed by atoms with van der Waals surface area (Å²) in [6.45, 7) is 3.43. The molecule has 12 heavy (non-hydrogen) atoms. The molecule has 1 fully saturated rings. The maximum absolute atomic E-state index is 3.43. The minimum atomic E-state index is 0.825. The maximum atomic E-state index is 3.43. The first kappa shape index (κ1) is 8.53. The Labute approximate surface area is 84.5 Å². The van der Waals surface area contributed by atoms with Gasteiger partial charge in [0.15, 0.2) is 0 Å². The van der Waals surface area contributed by atoms with E-state index in [0.29, 0.717) is 0 Å². The van der Waals surface area contributed by atoms with Crippen LogP contribution in [0.3, 0.4) is 0 Å². The van der Waals surface area contributed by atoms with Crippen molar-refractivity contribution in [1.82, 2.24) is 5.32 Å². The Balaban J connectivity index is 1.79. The quantitative estimate of drug-likeness (QED) is 0.855. The predicted octanol–water partition coefficient (Wildman–Crippen LogP) is 2.14. The zero-order valence-electron chi connectivity index (χ0n) is 6.64. The van der Waals surface area contributed by atoms with Gasteiger partial charge in [0.05, 0.1) is 5.00 Å². The fourth-order valence-corrected chi connectivity index (χ4v) is 2.47. The van der Waals surface area contributed by atoms with Crippen molar-refractivity contribution in [2.75, 3.05) is 25.0 Å². The molecule has 2 N–H and O–H groups in total. The summed E-state index contributed by atoms with van der Waals surface area (Å²) in [6.07, 6.45) is 0. The highest BCUT2D eigenvalue weighted by atomic mass is 79.9. The summed E-state index contributed by atoms with van der Waals surface area (Å²) in [5.41, 5.74) is 0. The molecule has 66 valence electrons. The average Bonchev–Trinajstić information content (AvgIpc) is 2.32. The summed E-state index contributed by atoms with van der Waals surface area (Å²) in [7, 11) is 0. The fraction of sp³-hybridized carbons (Fsp3) is 0.500. The molecule has 4 heteroatoms. The van der Waals surface area contributed by atoms with Crippen molar-refractivity contribution in [2.45, 2.75) is 0 Å². The Bertz CT molecular complexity index is 257. The molecule has 0 atom stereocenters. The monoisotopic (exact) mass is 246 g/mol.